The van der Waals surface area contributed by atoms with Crippen molar-refractivity contribution in [2.45, 2.75) is 38.2 Å². The van der Waals surface area contributed by atoms with E-state index in [4.69, 9.17) is 4.74 Å². The van der Waals surface area contributed by atoms with Crippen LogP contribution < -0.4 is 4.74 Å². The summed E-state index contributed by atoms with van der Waals surface area (Å²) in [7, 11) is 0. The first-order chi connectivity index (χ1) is 9.06. The van der Waals surface area contributed by atoms with Crippen LogP contribution in [0.25, 0.3) is 0 Å². The van der Waals surface area contributed by atoms with Crippen molar-refractivity contribution in [1.29, 1.82) is 5.26 Å². The van der Waals surface area contributed by atoms with E-state index in [2.05, 4.69) is 6.07 Å². The van der Waals surface area contributed by atoms with Crippen LogP contribution in [-0.2, 0) is 6.42 Å². The second kappa shape index (κ2) is 4.25. The fourth-order valence-corrected chi connectivity index (χ4v) is 2.99. The van der Waals surface area contributed by atoms with Crippen molar-refractivity contribution in [3.05, 3.63) is 29.8 Å². The summed E-state index contributed by atoms with van der Waals surface area (Å²) in [5.74, 6) is 1.42. The maximum Gasteiger partial charge on any atom is 0.124 e. The molecule has 1 heterocycles. The lowest BCUT2D eigenvalue weighted by atomic mass is 9.67. The lowest BCUT2D eigenvalue weighted by Crippen LogP contribution is -2.52. The SMILES string of the molecule is CC(O)(CC1CC1)C1(C#N)COc2ccccc2C1. The van der Waals surface area contributed by atoms with Crippen LogP contribution >= 0.6 is 0 Å². The number of ether oxygens (including phenoxy) is 1. The van der Waals surface area contributed by atoms with Crippen LogP contribution in [0.2, 0.25) is 0 Å². The first-order valence-electron chi connectivity index (χ1n) is 6.91. The first-order valence-corrected chi connectivity index (χ1v) is 6.91. The molecule has 0 saturated heterocycles. The van der Waals surface area contributed by atoms with Crippen LogP contribution in [-0.4, -0.2) is 17.3 Å². The second-order valence-electron chi connectivity index (χ2n) is 6.19. The number of hydrogen-bond acceptors (Lipinski definition) is 3. The number of aliphatic hydroxyl groups is 1. The van der Waals surface area contributed by atoms with Gasteiger partial charge < -0.3 is 9.84 Å². The van der Waals surface area contributed by atoms with E-state index in [0.717, 1.165) is 11.3 Å². The Labute approximate surface area is 113 Å². The molecule has 19 heavy (non-hydrogen) atoms. The minimum absolute atomic E-state index is 0.278. The Morgan fingerprint density at radius 2 is 2.21 bits per heavy atom. The molecule has 1 fully saturated rings. The van der Waals surface area contributed by atoms with E-state index in [1.807, 2.05) is 24.3 Å². The van der Waals surface area contributed by atoms with Crippen molar-refractivity contribution in [2.75, 3.05) is 6.61 Å². The van der Waals surface area contributed by atoms with Crippen molar-refractivity contribution < 1.29 is 9.84 Å². The van der Waals surface area contributed by atoms with Gasteiger partial charge in [0.05, 0.1) is 11.7 Å². The van der Waals surface area contributed by atoms with Gasteiger partial charge in [-0.1, -0.05) is 31.0 Å². The van der Waals surface area contributed by atoms with E-state index in [9.17, 15) is 10.4 Å². The molecule has 3 rings (SSSR count). The molecule has 1 aromatic carbocycles. The van der Waals surface area contributed by atoms with Gasteiger partial charge in [0.25, 0.3) is 0 Å². The van der Waals surface area contributed by atoms with Gasteiger partial charge in [0, 0.05) is 6.42 Å². The molecule has 0 spiro atoms. The first kappa shape index (κ1) is 12.5. The maximum atomic E-state index is 10.8. The zero-order valence-electron chi connectivity index (χ0n) is 11.2. The molecule has 0 bridgehead atoms. The third-order valence-electron chi connectivity index (χ3n) is 4.57. The zero-order chi connectivity index (χ0) is 13.5. The predicted molar refractivity (Wildman–Crippen MR) is 71.7 cm³/mol. The molecule has 0 radical (unpaired) electrons. The van der Waals surface area contributed by atoms with Gasteiger partial charge in [-0.25, -0.2) is 0 Å². The lowest BCUT2D eigenvalue weighted by Gasteiger charge is -2.43. The summed E-state index contributed by atoms with van der Waals surface area (Å²) < 4.78 is 5.74. The highest BCUT2D eigenvalue weighted by Gasteiger charge is 2.52. The molecule has 2 atom stereocenters. The van der Waals surface area contributed by atoms with Crippen LogP contribution in [0.4, 0.5) is 0 Å². The van der Waals surface area contributed by atoms with E-state index in [1.54, 1.807) is 6.92 Å². The average molecular weight is 257 g/mol. The van der Waals surface area contributed by atoms with E-state index in [0.29, 0.717) is 18.8 Å². The lowest BCUT2D eigenvalue weighted by molar-refractivity contribution is -0.0755. The highest BCUT2D eigenvalue weighted by Crippen LogP contribution is 2.47. The largest absolute Gasteiger partial charge is 0.492 e. The van der Waals surface area contributed by atoms with Crippen LogP contribution in [0.15, 0.2) is 24.3 Å². The van der Waals surface area contributed by atoms with Crippen LogP contribution in [0.3, 0.4) is 0 Å². The molecule has 1 aliphatic carbocycles. The molecular formula is C16H19NO2. The number of rotatable bonds is 3. The minimum atomic E-state index is -0.990. The highest BCUT2D eigenvalue weighted by molar-refractivity contribution is 5.38. The molecule has 1 N–H and O–H groups in total. The molecule has 0 amide bonds. The van der Waals surface area contributed by atoms with Gasteiger partial charge in [0.1, 0.15) is 17.8 Å². The van der Waals surface area contributed by atoms with Crippen molar-refractivity contribution in [3.8, 4) is 11.8 Å². The average Bonchev–Trinajstić information content (AvgIpc) is 3.21. The predicted octanol–water partition coefficient (Wildman–Crippen LogP) is 2.68. The van der Waals surface area contributed by atoms with Crippen molar-refractivity contribution in [1.82, 2.24) is 0 Å². The Bertz CT molecular complexity index is 528. The topological polar surface area (TPSA) is 53.2 Å². The molecule has 2 unspecified atom stereocenters. The number of hydrogen-bond donors (Lipinski definition) is 1. The Balaban J connectivity index is 1.91. The van der Waals surface area contributed by atoms with Gasteiger partial charge in [-0.3, -0.25) is 0 Å². The van der Waals surface area contributed by atoms with Crippen LogP contribution in [0.5, 0.6) is 5.75 Å². The molecule has 1 aromatic rings. The standard InChI is InChI=1S/C16H19NO2/c1-15(18,8-12-6-7-12)16(10-17)9-13-4-2-3-5-14(13)19-11-16/h2-5,12,18H,6-9,11H2,1H3. The Morgan fingerprint density at radius 3 is 2.89 bits per heavy atom. The molecule has 0 aromatic heterocycles. The number of benzene rings is 1. The molecule has 3 heteroatoms. The zero-order valence-corrected chi connectivity index (χ0v) is 11.2. The number of para-hydroxylation sites is 1. The Kier molecular flexibility index (Phi) is 2.79. The Hall–Kier alpha value is -1.53. The van der Waals surface area contributed by atoms with Gasteiger partial charge in [0.2, 0.25) is 0 Å². The highest BCUT2D eigenvalue weighted by atomic mass is 16.5. The van der Waals surface area contributed by atoms with Crippen molar-refractivity contribution in [3.63, 3.8) is 0 Å². The summed E-state index contributed by atoms with van der Waals surface area (Å²) >= 11 is 0. The Morgan fingerprint density at radius 1 is 1.47 bits per heavy atom. The maximum absolute atomic E-state index is 10.8. The summed E-state index contributed by atoms with van der Waals surface area (Å²) in [5, 5.41) is 20.5. The molecule has 2 aliphatic rings. The number of fused-ring (bicyclic) bond motifs is 1. The van der Waals surface area contributed by atoms with E-state index >= 15 is 0 Å². The van der Waals surface area contributed by atoms with Gasteiger partial charge >= 0.3 is 0 Å². The van der Waals surface area contributed by atoms with Gasteiger partial charge in [0.15, 0.2) is 0 Å². The normalized spacial score (nSPS) is 28.7. The van der Waals surface area contributed by atoms with E-state index < -0.39 is 11.0 Å². The number of nitriles is 1. The summed E-state index contributed by atoms with van der Waals surface area (Å²) in [5.41, 5.74) is -0.799. The van der Waals surface area contributed by atoms with Crippen LogP contribution in [0, 0.1) is 22.7 Å². The quantitative estimate of drug-likeness (QED) is 0.905. The summed E-state index contributed by atoms with van der Waals surface area (Å²) in [6.45, 7) is 2.08. The monoisotopic (exact) mass is 257 g/mol. The fraction of sp³-hybridized carbons (Fsp3) is 0.562. The van der Waals surface area contributed by atoms with E-state index in [-0.39, 0.29) is 6.61 Å². The minimum Gasteiger partial charge on any atom is -0.492 e. The third kappa shape index (κ3) is 2.11. The van der Waals surface area contributed by atoms with Crippen LogP contribution in [0.1, 0.15) is 31.7 Å². The fourth-order valence-electron chi connectivity index (χ4n) is 2.99. The van der Waals surface area contributed by atoms with Gasteiger partial charge in [-0.15, -0.1) is 0 Å². The molecule has 1 aliphatic heterocycles. The number of nitrogens with zero attached hydrogens (tertiary/aromatic N) is 1. The molecule has 1 saturated carbocycles. The molecule has 100 valence electrons. The second-order valence-corrected chi connectivity index (χ2v) is 6.19. The van der Waals surface area contributed by atoms with Crippen molar-refractivity contribution in [2.24, 2.45) is 11.3 Å². The molecule has 3 nitrogen and oxygen atoms in total. The summed E-state index contributed by atoms with van der Waals surface area (Å²) in [4.78, 5) is 0. The van der Waals surface area contributed by atoms with Crippen molar-refractivity contribution >= 4 is 0 Å². The summed E-state index contributed by atoms with van der Waals surface area (Å²) in [6, 6.07) is 10.1. The summed E-state index contributed by atoms with van der Waals surface area (Å²) in [6.07, 6.45) is 3.62. The smallest absolute Gasteiger partial charge is 0.124 e. The van der Waals surface area contributed by atoms with Gasteiger partial charge in [-0.2, -0.15) is 5.26 Å². The van der Waals surface area contributed by atoms with E-state index in [1.165, 1.54) is 12.8 Å². The molecular weight excluding hydrogens is 238 g/mol. The third-order valence-corrected chi connectivity index (χ3v) is 4.57. The van der Waals surface area contributed by atoms with Gasteiger partial charge in [-0.05, 0) is 30.9 Å².